The van der Waals surface area contributed by atoms with Crippen molar-refractivity contribution < 1.29 is 17.9 Å². The molecule has 4 heterocycles. The Morgan fingerprint density at radius 2 is 1.85 bits per heavy atom. The summed E-state index contributed by atoms with van der Waals surface area (Å²) < 4.78 is 44.2. The van der Waals surface area contributed by atoms with E-state index in [2.05, 4.69) is 26.9 Å². The fourth-order valence-electron chi connectivity index (χ4n) is 3.56. The molecule has 1 atom stereocenters. The highest BCUT2D eigenvalue weighted by Crippen LogP contribution is 2.30. The summed E-state index contributed by atoms with van der Waals surface area (Å²) >= 11 is 0. The first-order valence-corrected chi connectivity index (χ1v) is 8.89. The Balaban J connectivity index is 1.42. The molecule has 4 nitrogen and oxygen atoms in total. The maximum Gasteiger partial charge on any atom is 0.416 e. The number of benzene rings is 1. The fraction of sp³-hybridized carbons (Fsp3) is 0.400. The number of rotatable bonds is 2. The molecular formula is C20H18F3N3O. The molecule has 7 heteroatoms. The van der Waals surface area contributed by atoms with E-state index >= 15 is 0 Å². The Kier molecular flexibility index (Phi) is 4.75. The molecule has 0 saturated carbocycles. The van der Waals surface area contributed by atoms with Gasteiger partial charge in [-0.3, -0.25) is 4.90 Å². The molecule has 5 rings (SSSR count). The van der Waals surface area contributed by atoms with Gasteiger partial charge in [0.2, 0.25) is 5.88 Å². The van der Waals surface area contributed by atoms with E-state index in [1.54, 1.807) is 12.1 Å². The lowest BCUT2D eigenvalue weighted by Gasteiger charge is -2.44. The summed E-state index contributed by atoms with van der Waals surface area (Å²) in [5.74, 6) is 6.46. The van der Waals surface area contributed by atoms with Gasteiger partial charge in [-0.2, -0.15) is 13.2 Å². The van der Waals surface area contributed by atoms with Crippen LogP contribution in [0.3, 0.4) is 0 Å². The molecule has 0 radical (unpaired) electrons. The number of piperidine rings is 3. The Hall–Kier alpha value is -2.59. The van der Waals surface area contributed by atoms with Crippen molar-refractivity contribution in [1.82, 2.24) is 15.1 Å². The molecule has 0 spiro atoms. The maximum absolute atomic E-state index is 12.7. The van der Waals surface area contributed by atoms with Crippen LogP contribution in [0.5, 0.6) is 5.88 Å². The van der Waals surface area contributed by atoms with Crippen LogP contribution in [0.1, 0.15) is 29.7 Å². The van der Waals surface area contributed by atoms with E-state index in [-0.39, 0.29) is 11.7 Å². The van der Waals surface area contributed by atoms with Crippen molar-refractivity contribution in [2.45, 2.75) is 25.1 Å². The number of aromatic nitrogens is 2. The molecule has 3 fully saturated rings. The van der Waals surface area contributed by atoms with Crippen LogP contribution in [-0.2, 0) is 6.18 Å². The average molecular weight is 373 g/mol. The zero-order valence-electron chi connectivity index (χ0n) is 14.5. The second kappa shape index (κ2) is 7.20. The second-order valence-electron chi connectivity index (χ2n) is 6.88. The Morgan fingerprint density at radius 1 is 1.04 bits per heavy atom. The van der Waals surface area contributed by atoms with Gasteiger partial charge in [0.05, 0.1) is 5.56 Å². The molecule has 2 bridgehead atoms. The molecule has 27 heavy (non-hydrogen) atoms. The lowest BCUT2D eigenvalue weighted by Crippen LogP contribution is -2.52. The number of nitrogens with zero attached hydrogens (tertiary/aromatic N) is 3. The summed E-state index contributed by atoms with van der Waals surface area (Å²) in [5, 5.41) is 8.06. The first-order valence-electron chi connectivity index (χ1n) is 8.89. The number of hydrogen-bond acceptors (Lipinski definition) is 4. The van der Waals surface area contributed by atoms with Crippen LogP contribution in [-0.4, -0.2) is 40.8 Å². The van der Waals surface area contributed by atoms with Crippen molar-refractivity contribution in [2.24, 2.45) is 5.92 Å². The van der Waals surface area contributed by atoms with Crippen molar-refractivity contribution in [1.29, 1.82) is 0 Å². The van der Waals surface area contributed by atoms with Crippen LogP contribution < -0.4 is 4.74 Å². The monoisotopic (exact) mass is 373 g/mol. The highest BCUT2D eigenvalue weighted by molar-refractivity contribution is 5.42. The molecule has 2 aromatic rings. The first kappa shape index (κ1) is 17.8. The summed E-state index contributed by atoms with van der Waals surface area (Å²) in [7, 11) is 0. The standard InChI is InChI=1S/C20H18F3N3O/c21-20(22,23)16-3-1-2-14(12-16)4-5-17-6-7-19(25-24-17)27-18-13-26-10-8-15(18)9-11-26/h1-3,6-7,12,15,18H,8-11,13H2. The number of alkyl halides is 3. The largest absolute Gasteiger partial charge is 0.472 e. The third kappa shape index (κ3) is 4.22. The molecule has 0 amide bonds. The lowest BCUT2D eigenvalue weighted by atomic mass is 9.86. The van der Waals surface area contributed by atoms with Gasteiger partial charge in [0.15, 0.2) is 0 Å². The Morgan fingerprint density at radius 3 is 2.48 bits per heavy atom. The highest BCUT2D eigenvalue weighted by Gasteiger charge is 2.35. The van der Waals surface area contributed by atoms with E-state index in [9.17, 15) is 13.2 Å². The van der Waals surface area contributed by atoms with Crippen LogP contribution in [0.2, 0.25) is 0 Å². The molecule has 1 aromatic carbocycles. The molecule has 3 aliphatic rings. The van der Waals surface area contributed by atoms with Gasteiger partial charge in [0, 0.05) is 18.2 Å². The third-order valence-electron chi connectivity index (χ3n) is 5.03. The molecule has 1 unspecified atom stereocenters. The quantitative estimate of drug-likeness (QED) is 0.757. The van der Waals surface area contributed by atoms with E-state index < -0.39 is 11.7 Å². The van der Waals surface area contributed by atoms with Gasteiger partial charge in [0.1, 0.15) is 11.8 Å². The predicted octanol–water partition coefficient (Wildman–Crippen LogP) is 3.37. The molecule has 0 N–H and O–H groups in total. The topological polar surface area (TPSA) is 38.2 Å². The SMILES string of the molecule is FC(F)(F)c1cccc(C#Cc2ccc(OC3CN4CCC3CC4)nn2)c1. The lowest BCUT2D eigenvalue weighted by molar-refractivity contribution is -0.137. The summed E-state index contributed by atoms with van der Waals surface area (Å²) in [6.07, 6.45) is -1.94. The molecule has 3 aliphatic heterocycles. The predicted molar refractivity (Wildman–Crippen MR) is 93.0 cm³/mol. The molecule has 0 aliphatic carbocycles. The van der Waals surface area contributed by atoms with E-state index in [1.807, 2.05) is 0 Å². The number of hydrogen-bond donors (Lipinski definition) is 0. The van der Waals surface area contributed by atoms with Crippen LogP contribution in [0.25, 0.3) is 0 Å². The molecule has 1 aromatic heterocycles. The maximum atomic E-state index is 12.7. The summed E-state index contributed by atoms with van der Waals surface area (Å²) in [5.41, 5.74) is -0.0606. The Labute approximate surface area is 155 Å². The second-order valence-corrected chi connectivity index (χ2v) is 6.88. The molecular weight excluding hydrogens is 355 g/mol. The van der Waals surface area contributed by atoms with Gasteiger partial charge < -0.3 is 4.74 Å². The van der Waals surface area contributed by atoms with E-state index in [1.165, 1.54) is 12.1 Å². The van der Waals surface area contributed by atoms with E-state index in [0.29, 0.717) is 17.5 Å². The third-order valence-corrected chi connectivity index (χ3v) is 5.03. The normalized spacial score (nSPS) is 24.2. The average Bonchev–Trinajstić information content (AvgIpc) is 2.68. The zero-order chi connectivity index (χ0) is 18.9. The summed E-state index contributed by atoms with van der Waals surface area (Å²) in [6, 6.07) is 8.28. The van der Waals surface area contributed by atoms with E-state index in [0.717, 1.165) is 44.6 Å². The van der Waals surface area contributed by atoms with Crippen LogP contribution >= 0.6 is 0 Å². The number of fused-ring (bicyclic) bond motifs is 3. The minimum absolute atomic E-state index is 0.142. The first-order chi connectivity index (χ1) is 13.0. The summed E-state index contributed by atoms with van der Waals surface area (Å²) in [4.78, 5) is 2.40. The van der Waals surface area contributed by atoms with E-state index in [4.69, 9.17) is 4.74 Å². The zero-order valence-corrected chi connectivity index (χ0v) is 14.5. The van der Waals surface area contributed by atoms with Crippen molar-refractivity contribution in [3.63, 3.8) is 0 Å². The minimum Gasteiger partial charge on any atom is -0.472 e. The van der Waals surface area contributed by atoms with Crippen LogP contribution in [0.15, 0.2) is 36.4 Å². The summed E-state index contributed by atoms with van der Waals surface area (Å²) in [6.45, 7) is 3.20. The van der Waals surface area contributed by atoms with Crippen molar-refractivity contribution in [3.05, 3.63) is 53.2 Å². The van der Waals surface area contributed by atoms with Crippen molar-refractivity contribution in [3.8, 4) is 17.7 Å². The van der Waals surface area contributed by atoms with Gasteiger partial charge in [0.25, 0.3) is 0 Å². The van der Waals surface area contributed by atoms with Crippen LogP contribution in [0, 0.1) is 17.8 Å². The minimum atomic E-state index is -4.38. The van der Waals surface area contributed by atoms with Gasteiger partial charge in [-0.05, 0) is 62.0 Å². The Bertz CT molecular complexity index is 863. The molecule has 140 valence electrons. The number of ether oxygens (including phenoxy) is 1. The van der Waals surface area contributed by atoms with Crippen molar-refractivity contribution in [2.75, 3.05) is 19.6 Å². The van der Waals surface area contributed by atoms with Gasteiger partial charge >= 0.3 is 6.18 Å². The van der Waals surface area contributed by atoms with Gasteiger partial charge in [-0.25, -0.2) is 0 Å². The van der Waals surface area contributed by atoms with Gasteiger partial charge in [-0.15, -0.1) is 10.2 Å². The highest BCUT2D eigenvalue weighted by atomic mass is 19.4. The molecule has 3 saturated heterocycles. The van der Waals surface area contributed by atoms with Crippen LogP contribution in [0.4, 0.5) is 13.2 Å². The van der Waals surface area contributed by atoms with Crippen molar-refractivity contribution >= 4 is 0 Å². The number of halogens is 3. The smallest absolute Gasteiger partial charge is 0.416 e. The fourth-order valence-corrected chi connectivity index (χ4v) is 3.56. The van der Waals surface area contributed by atoms with Gasteiger partial charge in [-0.1, -0.05) is 12.0 Å².